The average Bonchev–Trinajstić information content (AvgIpc) is 3.25. The lowest BCUT2D eigenvalue weighted by molar-refractivity contribution is -0.0864. The first-order chi connectivity index (χ1) is 13.4. The third-order valence-electron chi connectivity index (χ3n) is 5.03. The Morgan fingerprint density at radius 2 is 2.00 bits per heavy atom. The monoisotopic (exact) mass is 424 g/mol. The number of hydrogen-bond acceptors (Lipinski definition) is 6. The van der Waals surface area contributed by atoms with Gasteiger partial charge >= 0.3 is 0 Å². The molecule has 4 rings (SSSR count). The van der Waals surface area contributed by atoms with Crippen LogP contribution < -0.4 is 5.84 Å². The minimum Gasteiger partial charge on any atom is -0.387 e. The molecule has 2 aliphatic heterocycles. The summed E-state index contributed by atoms with van der Waals surface area (Å²) < 4.78 is 7.57. The van der Waals surface area contributed by atoms with Gasteiger partial charge in [-0.25, -0.2) is 4.99 Å². The highest BCUT2D eigenvalue weighted by molar-refractivity contribution is 6.42. The summed E-state index contributed by atoms with van der Waals surface area (Å²) >= 11 is 11.9. The molecule has 1 saturated heterocycles. The molecule has 1 aromatic heterocycles. The second-order valence-electron chi connectivity index (χ2n) is 6.64. The lowest BCUT2D eigenvalue weighted by Gasteiger charge is -2.22. The van der Waals surface area contributed by atoms with Crippen LogP contribution in [0.5, 0.6) is 0 Å². The Morgan fingerprint density at radius 3 is 2.71 bits per heavy atom. The topological polar surface area (TPSA) is 126 Å². The molecule has 5 N–H and O–H groups in total. The molecule has 2 aliphatic rings. The molecular weight excluding hydrogens is 407 g/mol. The Hall–Kier alpha value is -1.94. The summed E-state index contributed by atoms with van der Waals surface area (Å²) in [6.45, 7) is 0. The van der Waals surface area contributed by atoms with Crippen molar-refractivity contribution in [1.29, 1.82) is 0 Å². The van der Waals surface area contributed by atoms with Crippen LogP contribution in [0.2, 0.25) is 10.0 Å². The lowest BCUT2D eigenvalue weighted by atomic mass is 9.99. The number of ether oxygens (including phenoxy) is 1. The van der Waals surface area contributed by atoms with Crippen molar-refractivity contribution in [3.05, 3.63) is 57.3 Å². The van der Waals surface area contributed by atoms with Gasteiger partial charge in [0.1, 0.15) is 24.4 Å². The van der Waals surface area contributed by atoms with Crippen molar-refractivity contribution in [3.63, 3.8) is 0 Å². The van der Waals surface area contributed by atoms with Crippen LogP contribution in [0.25, 0.3) is 0 Å². The minimum atomic E-state index is -1.31. The Bertz CT molecular complexity index is 961. The summed E-state index contributed by atoms with van der Waals surface area (Å²) in [4.78, 5) is 4.13. The van der Waals surface area contributed by atoms with E-state index < -0.39 is 30.6 Å². The zero-order valence-electron chi connectivity index (χ0n) is 14.5. The zero-order chi connectivity index (χ0) is 20.0. The van der Waals surface area contributed by atoms with Crippen LogP contribution >= 0.6 is 23.2 Å². The summed E-state index contributed by atoms with van der Waals surface area (Å²) in [6.07, 6.45) is -1.88. The van der Waals surface area contributed by atoms with E-state index >= 15 is 0 Å². The molecule has 0 aliphatic carbocycles. The van der Waals surface area contributed by atoms with Gasteiger partial charge in [-0.15, -0.1) is 0 Å². The number of aliphatic hydroxyl groups excluding tert-OH is 3. The van der Waals surface area contributed by atoms with Gasteiger partial charge in [0, 0.05) is 30.1 Å². The number of benzene rings is 1. The van der Waals surface area contributed by atoms with Crippen molar-refractivity contribution in [2.45, 2.75) is 37.1 Å². The van der Waals surface area contributed by atoms with E-state index in [1.807, 2.05) is 0 Å². The highest BCUT2D eigenvalue weighted by Gasteiger charge is 2.47. The molecule has 3 heterocycles. The number of amidine groups is 1. The van der Waals surface area contributed by atoms with Gasteiger partial charge in [-0.2, -0.15) is 5.10 Å². The quantitative estimate of drug-likeness (QED) is 0.437. The van der Waals surface area contributed by atoms with Crippen LogP contribution in [0.1, 0.15) is 29.2 Å². The van der Waals surface area contributed by atoms with Gasteiger partial charge in [0.15, 0.2) is 12.1 Å². The van der Waals surface area contributed by atoms with Crippen LogP contribution in [0.15, 0.2) is 40.6 Å². The number of aliphatic imine (C=N–C) groups is 1. The number of nitrogens with two attached hydrogens (primary N) is 1. The first kappa shape index (κ1) is 19.4. The van der Waals surface area contributed by atoms with Gasteiger partial charge in [0.2, 0.25) is 0 Å². The smallest absolute Gasteiger partial charge is 0.180 e. The van der Waals surface area contributed by atoms with Crippen molar-refractivity contribution >= 4 is 35.3 Å². The van der Waals surface area contributed by atoms with Crippen molar-refractivity contribution in [1.82, 2.24) is 4.57 Å². The van der Waals surface area contributed by atoms with E-state index in [1.165, 1.54) is 6.07 Å². The van der Waals surface area contributed by atoms with Crippen molar-refractivity contribution in [2.75, 3.05) is 0 Å². The molecule has 0 bridgehead atoms. The van der Waals surface area contributed by atoms with Crippen LogP contribution in [-0.2, 0) is 11.2 Å². The first-order valence-corrected chi connectivity index (χ1v) is 9.33. The van der Waals surface area contributed by atoms with Crippen molar-refractivity contribution in [3.8, 4) is 0 Å². The number of nitrogens with zero attached hydrogens (tertiary/aromatic N) is 3. The van der Waals surface area contributed by atoms with Gasteiger partial charge < -0.3 is 30.5 Å². The van der Waals surface area contributed by atoms with Gasteiger partial charge in [-0.05, 0) is 23.8 Å². The van der Waals surface area contributed by atoms with E-state index in [0.29, 0.717) is 22.8 Å². The maximum Gasteiger partial charge on any atom is 0.180 e. The second-order valence-corrected chi connectivity index (χ2v) is 7.46. The number of halogens is 2. The number of fused-ring (bicyclic) bond motifs is 1. The maximum atomic E-state index is 10.7. The summed E-state index contributed by atoms with van der Waals surface area (Å²) in [5.74, 6) is 5.75. The van der Waals surface area contributed by atoms with Gasteiger partial charge in [-0.1, -0.05) is 29.3 Å². The normalized spacial score (nSPS) is 29.2. The van der Waals surface area contributed by atoms with E-state index in [0.717, 1.165) is 11.3 Å². The number of hydrazone groups is 1. The number of hydrogen-bond donors (Lipinski definition) is 4. The van der Waals surface area contributed by atoms with E-state index in [2.05, 4.69) is 10.1 Å². The van der Waals surface area contributed by atoms with E-state index in [4.69, 9.17) is 33.8 Å². The third kappa shape index (κ3) is 3.12. The predicted octanol–water partition coefficient (Wildman–Crippen LogP) is 1.39. The molecule has 0 spiro atoms. The molecule has 10 heteroatoms. The Morgan fingerprint density at radius 1 is 1.21 bits per heavy atom. The second kappa shape index (κ2) is 7.47. The molecular formula is C18H18Cl2N4O4. The summed E-state index contributed by atoms with van der Waals surface area (Å²) in [5.41, 5.74) is 1.94. The Kier molecular flexibility index (Phi) is 5.17. The fourth-order valence-corrected chi connectivity index (χ4v) is 3.90. The van der Waals surface area contributed by atoms with Crippen LogP contribution in [0.3, 0.4) is 0 Å². The first-order valence-electron chi connectivity index (χ1n) is 8.57. The molecule has 1 fully saturated rings. The average molecular weight is 425 g/mol. The Labute approximate surface area is 170 Å². The SMILES string of the molecule is N/N=C1/N=CCc2c1ccn2[C@@H]1O[C@H]([C@H](O)c2ccc(Cl)c(Cl)c2)[C@@H](O)[C@H]1O. The van der Waals surface area contributed by atoms with Crippen LogP contribution in [-0.4, -0.2) is 50.2 Å². The Balaban J connectivity index is 1.62. The van der Waals surface area contributed by atoms with Crippen molar-refractivity contribution in [2.24, 2.45) is 15.9 Å². The fourth-order valence-electron chi connectivity index (χ4n) is 3.59. The highest BCUT2D eigenvalue weighted by atomic mass is 35.5. The largest absolute Gasteiger partial charge is 0.387 e. The molecule has 5 atom stereocenters. The minimum absolute atomic E-state index is 0.273. The third-order valence-corrected chi connectivity index (χ3v) is 5.77. The van der Waals surface area contributed by atoms with E-state index in [9.17, 15) is 15.3 Å². The highest BCUT2D eigenvalue weighted by Crippen LogP contribution is 2.38. The number of aliphatic hydroxyl groups is 3. The molecule has 0 amide bonds. The molecule has 28 heavy (non-hydrogen) atoms. The summed E-state index contributed by atoms with van der Waals surface area (Å²) in [5, 5.41) is 36.0. The maximum absolute atomic E-state index is 10.7. The van der Waals surface area contributed by atoms with Gasteiger partial charge in [-0.3, -0.25) is 0 Å². The molecule has 2 aromatic rings. The summed E-state index contributed by atoms with van der Waals surface area (Å²) in [6, 6.07) is 6.41. The van der Waals surface area contributed by atoms with Gasteiger partial charge in [0.25, 0.3) is 0 Å². The number of rotatable bonds is 3. The van der Waals surface area contributed by atoms with Crippen LogP contribution in [0, 0.1) is 0 Å². The fraction of sp³-hybridized carbons (Fsp3) is 0.333. The molecule has 0 unspecified atom stereocenters. The molecule has 8 nitrogen and oxygen atoms in total. The predicted molar refractivity (Wildman–Crippen MR) is 105 cm³/mol. The number of aromatic nitrogens is 1. The van der Waals surface area contributed by atoms with Crippen molar-refractivity contribution < 1.29 is 20.1 Å². The molecule has 148 valence electrons. The zero-order valence-corrected chi connectivity index (χ0v) is 16.0. The van der Waals surface area contributed by atoms with Crippen LogP contribution in [0.4, 0.5) is 0 Å². The van der Waals surface area contributed by atoms with E-state index in [-0.39, 0.29) is 5.02 Å². The van der Waals surface area contributed by atoms with Gasteiger partial charge in [0.05, 0.1) is 10.0 Å². The molecule has 0 saturated carbocycles. The van der Waals surface area contributed by atoms with E-state index in [1.54, 1.807) is 35.2 Å². The molecule has 0 radical (unpaired) electrons. The lowest BCUT2D eigenvalue weighted by Crippen LogP contribution is -2.35. The molecule has 1 aromatic carbocycles. The standard InChI is InChI=1S/C18H18Cl2N4O4/c19-10-2-1-8(7-11(10)20)13(25)16-14(26)15(27)18(28-16)24-6-4-9-12(24)3-5-22-17(9)23-21/h1-2,4-7,13-16,18,25-27H,3,21H2/b23-17+/t13-,14+,15-,16-,18-/m1/s1. The summed E-state index contributed by atoms with van der Waals surface area (Å²) in [7, 11) is 0.